The Morgan fingerprint density at radius 1 is 1.41 bits per heavy atom. The van der Waals surface area contributed by atoms with E-state index in [0.29, 0.717) is 19.3 Å². The lowest BCUT2D eigenvalue weighted by atomic mass is 9.74. The van der Waals surface area contributed by atoms with Crippen molar-refractivity contribution in [1.82, 2.24) is 0 Å². The molecule has 0 saturated heterocycles. The molecule has 1 aromatic carbocycles. The van der Waals surface area contributed by atoms with Gasteiger partial charge in [-0.2, -0.15) is 18.4 Å². The first-order valence-electron chi connectivity index (χ1n) is 6.71. The van der Waals surface area contributed by atoms with Crippen LogP contribution < -0.4 is 0 Å². The minimum absolute atomic E-state index is 0.238. The number of rotatable bonds is 2. The van der Waals surface area contributed by atoms with Gasteiger partial charge in [0.15, 0.2) is 0 Å². The fraction of sp³-hybridized carbons (Fsp3) is 0.500. The van der Waals surface area contributed by atoms with Crippen LogP contribution in [-0.2, 0) is 11.7 Å². The minimum Gasteiger partial charge on any atom is -0.392 e. The summed E-state index contributed by atoms with van der Waals surface area (Å²) in [6, 6.07) is 4.55. The normalized spacial score (nSPS) is 25.1. The quantitative estimate of drug-likeness (QED) is 0.507. The Morgan fingerprint density at radius 2 is 2.14 bits per heavy atom. The highest BCUT2D eigenvalue weighted by Gasteiger charge is 2.42. The van der Waals surface area contributed by atoms with Gasteiger partial charge in [0.25, 0.3) is 0 Å². The number of hydrogen-bond acceptors (Lipinski definition) is 3. The number of nitrogens with zero attached hydrogens (tertiary/aromatic N) is 4. The van der Waals surface area contributed by atoms with Gasteiger partial charge in [-0.1, -0.05) is 24.0 Å². The van der Waals surface area contributed by atoms with Crippen LogP contribution in [0, 0.1) is 11.3 Å². The Bertz CT molecular complexity index is 661. The summed E-state index contributed by atoms with van der Waals surface area (Å²) in [5.41, 5.74) is 6.11. The van der Waals surface area contributed by atoms with Crippen molar-refractivity contribution in [2.24, 2.45) is 5.11 Å². The van der Waals surface area contributed by atoms with Gasteiger partial charge in [-0.05, 0) is 36.1 Å². The lowest BCUT2D eigenvalue weighted by Gasteiger charge is -2.38. The SMILES string of the molecule is N#Cc1cc(C2(N=[N+]=[N-])CCCCC2O)ccc1C(F)(F)F. The highest BCUT2D eigenvalue weighted by Crippen LogP contribution is 2.43. The van der Waals surface area contributed by atoms with Crippen LogP contribution in [0.5, 0.6) is 0 Å². The summed E-state index contributed by atoms with van der Waals surface area (Å²) in [5, 5.41) is 22.9. The van der Waals surface area contributed by atoms with Crippen LogP contribution in [0.25, 0.3) is 10.4 Å². The van der Waals surface area contributed by atoms with Gasteiger partial charge < -0.3 is 5.11 Å². The second-order valence-electron chi connectivity index (χ2n) is 5.25. The Hall–Kier alpha value is -2.23. The van der Waals surface area contributed by atoms with Crippen molar-refractivity contribution >= 4 is 0 Å². The lowest BCUT2D eigenvalue weighted by Crippen LogP contribution is -2.40. The molecule has 1 aromatic rings. The van der Waals surface area contributed by atoms with Crippen molar-refractivity contribution in [1.29, 1.82) is 5.26 Å². The van der Waals surface area contributed by atoms with Crippen LogP contribution in [-0.4, -0.2) is 11.2 Å². The zero-order valence-corrected chi connectivity index (χ0v) is 11.5. The molecule has 2 rings (SSSR count). The molecule has 1 saturated carbocycles. The number of halogens is 3. The van der Waals surface area contributed by atoms with Gasteiger partial charge >= 0.3 is 6.18 Å². The number of benzene rings is 1. The second kappa shape index (κ2) is 5.87. The summed E-state index contributed by atoms with van der Waals surface area (Å²) in [7, 11) is 0. The molecule has 0 amide bonds. The molecular weight excluding hydrogens is 297 g/mol. The molecule has 0 bridgehead atoms. The molecule has 2 atom stereocenters. The molecule has 2 unspecified atom stereocenters. The van der Waals surface area contributed by atoms with Gasteiger partial charge in [0.1, 0.15) is 0 Å². The average Bonchev–Trinajstić information content (AvgIpc) is 2.48. The van der Waals surface area contributed by atoms with Gasteiger partial charge in [-0.15, -0.1) is 0 Å². The predicted molar refractivity (Wildman–Crippen MR) is 71.5 cm³/mol. The number of aliphatic hydroxyl groups excluding tert-OH is 1. The molecule has 1 aliphatic rings. The van der Waals surface area contributed by atoms with Crippen molar-refractivity contribution in [2.45, 2.75) is 43.5 Å². The largest absolute Gasteiger partial charge is 0.417 e. The van der Waals surface area contributed by atoms with Crippen molar-refractivity contribution in [3.8, 4) is 6.07 Å². The van der Waals surface area contributed by atoms with E-state index in [4.69, 9.17) is 10.8 Å². The molecule has 22 heavy (non-hydrogen) atoms. The van der Waals surface area contributed by atoms with Gasteiger partial charge in [0, 0.05) is 4.91 Å². The van der Waals surface area contributed by atoms with E-state index in [1.807, 2.05) is 0 Å². The summed E-state index contributed by atoms with van der Waals surface area (Å²) < 4.78 is 38.5. The summed E-state index contributed by atoms with van der Waals surface area (Å²) in [4.78, 5) is 2.74. The highest BCUT2D eigenvalue weighted by molar-refractivity contribution is 5.45. The maximum absolute atomic E-state index is 12.8. The van der Waals surface area contributed by atoms with Crippen LogP contribution in [0.3, 0.4) is 0 Å². The summed E-state index contributed by atoms with van der Waals surface area (Å²) in [5.74, 6) is 0. The molecule has 1 aliphatic carbocycles. The van der Waals surface area contributed by atoms with E-state index < -0.39 is 28.9 Å². The molecule has 8 heteroatoms. The Labute approximate surface area is 124 Å². The van der Waals surface area contributed by atoms with E-state index in [-0.39, 0.29) is 5.56 Å². The number of aliphatic hydroxyl groups is 1. The highest BCUT2D eigenvalue weighted by atomic mass is 19.4. The van der Waals surface area contributed by atoms with Crippen molar-refractivity contribution in [3.05, 3.63) is 45.3 Å². The van der Waals surface area contributed by atoms with Gasteiger partial charge in [0.05, 0.1) is 28.8 Å². The summed E-state index contributed by atoms with van der Waals surface area (Å²) in [6.45, 7) is 0. The minimum atomic E-state index is -4.64. The number of nitriles is 1. The summed E-state index contributed by atoms with van der Waals surface area (Å²) >= 11 is 0. The molecule has 0 aliphatic heterocycles. The van der Waals surface area contributed by atoms with Gasteiger partial charge in [-0.3, -0.25) is 0 Å². The zero-order chi connectivity index (χ0) is 16.4. The molecule has 116 valence electrons. The first-order chi connectivity index (χ1) is 10.3. The molecule has 0 heterocycles. The summed E-state index contributed by atoms with van der Waals surface area (Å²) in [6.07, 6.45) is -3.48. The fourth-order valence-corrected chi connectivity index (χ4v) is 2.88. The lowest BCUT2D eigenvalue weighted by molar-refractivity contribution is -0.137. The maximum atomic E-state index is 12.8. The van der Waals surface area contributed by atoms with E-state index in [1.165, 1.54) is 12.1 Å². The van der Waals surface area contributed by atoms with Crippen LogP contribution in [0.4, 0.5) is 13.2 Å². The maximum Gasteiger partial charge on any atom is 0.417 e. The van der Waals surface area contributed by atoms with E-state index in [2.05, 4.69) is 10.0 Å². The number of azide groups is 1. The Morgan fingerprint density at radius 3 is 2.68 bits per heavy atom. The molecule has 1 N–H and O–H groups in total. The monoisotopic (exact) mass is 310 g/mol. The molecule has 0 radical (unpaired) electrons. The third-order valence-electron chi connectivity index (χ3n) is 4.01. The van der Waals surface area contributed by atoms with E-state index >= 15 is 0 Å². The van der Waals surface area contributed by atoms with E-state index in [1.54, 1.807) is 0 Å². The zero-order valence-electron chi connectivity index (χ0n) is 11.5. The van der Waals surface area contributed by atoms with Crippen molar-refractivity contribution in [3.63, 3.8) is 0 Å². The predicted octanol–water partition coefficient (Wildman–Crippen LogP) is 4.02. The Balaban J connectivity index is 2.60. The number of alkyl halides is 3. The van der Waals surface area contributed by atoms with E-state index in [9.17, 15) is 18.3 Å². The first-order valence-corrected chi connectivity index (χ1v) is 6.71. The third kappa shape index (κ3) is 2.73. The van der Waals surface area contributed by atoms with Crippen molar-refractivity contribution < 1.29 is 18.3 Å². The van der Waals surface area contributed by atoms with E-state index in [0.717, 1.165) is 18.6 Å². The molecule has 0 aromatic heterocycles. The fourth-order valence-electron chi connectivity index (χ4n) is 2.88. The van der Waals surface area contributed by atoms with Crippen LogP contribution in [0.2, 0.25) is 0 Å². The molecule has 5 nitrogen and oxygen atoms in total. The second-order valence-corrected chi connectivity index (χ2v) is 5.25. The van der Waals surface area contributed by atoms with Crippen molar-refractivity contribution in [2.75, 3.05) is 0 Å². The average molecular weight is 310 g/mol. The third-order valence-corrected chi connectivity index (χ3v) is 4.01. The smallest absolute Gasteiger partial charge is 0.392 e. The van der Waals surface area contributed by atoms with Gasteiger partial charge in [0.2, 0.25) is 0 Å². The van der Waals surface area contributed by atoms with Crippen LogP contribution in [0.15, 0.2) is 23.3 Å². The topological polar surface area (TPSA) is 92.8 Å². The molecular formula is C14H13F3N4O. The standard InChI is InChI=1S/C14H13F3N4O/c15-14(16,17)11-5-4-10(7-9(11)8-18)13(20-21-19)6-2-1-3-12(13)22/h4-5,7,12,22H,1-3,6H2. The Kier molecular flexibility index (Phi) is 4.31. The van der Waals surface area contributed by atoms with Gasteiger partial charge in [-0.25, -0.2) is 0 Å². The van der Waals surface area contributed by atoms with Crippen LogP contribution >= 0.6 is 0 Å². The molecule has 0 spiro atoms. The van der Waals surface area contributed by atoms with Crippen LogP contribution in [0.1, 0.15) is 42.4 Å². The number of hydrogen-bond donors (Lipinski definition) is 1. The molecule has 1 fully saturated rings. The first kappa shape index (κ1) is 16.1.